The second-order valence-electron chi connectivity index (χ2n) is 3.07. The Bertz CT molecular complexity index is 243. The van der Waals surface area contributed by atoms with Crippen LogP contribution in [0.2, 0.25) is 0 Å². The van der Waals surface area contributed by atoms with E-state index in [2.05, 4.69) is 22.1 Å². The van der Waals surface area contributed by atoms with Crippen LogP contribution in [0, 0.1) is 0 Å². The zero-order valence-electron chi connectivity index (χ0n) is 7.92. The van der Waals surface area contributed by atoms with Gasteiger partial charge in [0, 0.05) is 6.42 Å². The summed E-state index contributed by atoms with van der Waals surface area (Å²) in [6, 6.07) is 0. The number of rotatable bonds is 6. The Labute approximate surface area is 77.8 Å². The van der Waals surface area contributed by atoms with Gasteiger partial charge >= 0.3 is 0 Å². The number of carbonyl (C=O) groups excluding carboxylic acids is 1. The first-order valence-corrected chi connectivity index (χ1v) is 4.73. The van der Waals surface area contributed by atoms with Gasteiger partial charge in [0.05, 0.1) is 0 Å². The summed E-state index contributed by atoms with van der Waals surface area (Å²) in [5.74, 6) is 0.449. The summed E-state index contributed by atoms with van der Waals surface area (Å²) in [6.07, 6.45) is 6.40. The number of nitrogens with one attached hydrogen (secondary N) is 1. The molecule has 1 aromatic heterocycles. The maximum Gasteiger partial charge on any atom is 0.199 e. The van der Waals surface area contributed by atoms with E-state index in [0.717, 1.165) is 12.8 Å². The molecular weight excluding hydrogens is 166 g/mol. The van der Waals surface area contributed by atoms with Crippen LogP contribution in [0.1, 0.15) is 49.6 Å². The van der Waals surface area contributed by atoms with Gasteiger partial charge in [-0.1, -0.05) is 26.2 Å². The van der Waals surface area contributed by atoms with Crippen molar-refractivity contribution in [1.82, 2.24) is 15.2 Å². The summed E-state index contributed by atoms with van der Waals surface area (Å²) < 4.78 is 0. The highest BCUT2D eigenvalue weighted by Gasteiger charge is 2.07. The van der Waals surface area contributed by atoms with Gasteiger partial charge in [-0.25, -0.2) is 4.98 Å². The van der Waals surface area contributed by atoms with Crippen LogP contribution < -0.4 is 0 Å². The van der Waals surface area contributed by atoms with Crippen LogP contribution in [0.15, 0.2) is 6.33 Å². The molecule has 0 aliphatic heterocycles. The minimum absolute atomic E-state index is 0.0635. The number of aromatic amines is 1. The molecule has 1 heterocycles. The van der Waals surface area contributed by atoms with E-state index in [4.69, 9.17) is 0 Å². The van der Waals surface area contributed by atoms with Crippen molar-refractivity contribution in [3.8, 4) is 0 Å². The summed E-state index contributed by atoms with van der Waals surface area (Å²) in [5.41, 5.74) is 0. The van der Waals surface area contributed by atoms with Crippen molar-refractivity contribution in [2.24, 2.45) is 0 Å². The number of unbranched alkanes of at least 4 members (excludes halogenated alkanes) is 3. The largest absolute Gasteiger partial charge is 0.291 e. The molecule has 0 fully saturated rings. The van der Waals surface area contributed by atoms with Crippen molar-refractivity contribution in [3.63, 3.8) is 0 Å². The highest BCUT2D eigenvalue weighted by Crippen LogP contribution is 2.05. The number of nitrogens with zero attached hydrogens (tertiary/aromatic N) is 2. The standard InChI is InChI=1S/C9H15N3O/c1-2-3-4-5-6-8(13)9-10-7-11-12-9/h7H,2-6H2,1H3,(H,10,11,12). The molecule has 0 saturated heterocycles. The Balaban J connectivity index is 2.19. The molecule has 0 spiro atoms. The molecule has 1 aromatic rings. The van der Waals surface area contributed by atoms with Crippen molar-refractivity contribution >= 4 is 5.78 Å². The Kier molecular flexibility index (Phi) is 4.15. The smallest absolute Gasteiger partial charge is 0.199 e. The molecule has 0 amide bonds. The van der Waals surface area contributed by atoms with E-state index in [1.807, 2.05) is 0 Å². The van der Waals surface area contributed by atoms with Crippen LogP contribution in [0.4, 0.5) is 0 Å². The van der Waals surface area contributed by atoms with E-state index in [1.54, 1.807) is 0 Å². The molecule has 0 bridgehead atoms. The lowest BCUT2D eigenvalue weighted by atomic mass is 10.1. The molecule has 4 heteroatoms. The average Bonchev–Trinajstić information content (AvgIpc) is 2.65. The van der Waals surface area contributed by atoms with Gasteiger partial charge in [0.2, 0.25) is 0 Å². The predicted octanol–water partition coefficient (Wildman–Crippen LogP) is 1.96. The molecule has 1 rings (SSSR count). The Morgan fingerprint density at radius 1 is 1.46 bits per heavy atom. The zero-order chi connectivity index (χ0) is 9.52. The zero-order valence-corrected chi connectivity index (χ0v) is 7.92. The Morgan fingerprint density at radius 3 is 2.92 bits per heavy atom. The number of carbonyl (C=O) groups is 1. The number of hydrogen-bond donors (Lipinski definition) is 1. The first kappa shape index (κ1) is 9.89. The number of aromatic nitrogens is 3. The van der Waals surface area contributed by atoms with Gasteiger partial charge < -0.3 is 0 Å². The van der Waals surface area contributed by atoms with Gasteiger partial charge in [0.1, 0.15) is 6.33 Å². The summed E-state index contributed by atoms with van der Waals surface area (Å²) in [7, 11) is 0. The number of H-pyrrole nitrogens is 1. The van der Waals surface area contributed by atoms with E-state index < -0.39 is 0 Å². The quantitative estimate of drug-likeness (QED) is 0.539. The molecule has 13 heavy (non-hydrogen) atoms. The number of Topliss-reactive ketones (excluding diaryl/α,β-unsaturated/α-hetero) is 1. The molecule has 0 radical (unpaired) electrons. The monoisotopic (exact) mass is 181 g/mol. The van der Waals surface area contributed by atoms with Crippen LogP contribution in [0.3, 0.4) is 0 Å². The third-order valence-corrected chi connectivity index (χ3v) is 1.94. The summed E-state index contributed by atoms with van der Waals surface area (Å²) in [4.78, 5) is 15.1. The van der Waals surface area contributed by atoms with Gasteiger partial charge in [-0.05, 0) is 6.42 Å². The molecule has 0 saturated carbocycles. The van der Waals surface area contributed by atoms with Crippen LogP contribution in [0.5, 0.6) is 0 Å². The second-order valence-corrected chi connectivity index (χ2v) is 3.07. The average molecular weight is 181 g/mol. The maximum absolute atomic E-state index is 11.3. The molecular formula is C9H15N3O. The van der Waals surface area contributed by atoms with E-state index in [0.29, 0.717) is 12.2 Å². The van der Waals surface area contributed by atoms with E-state index >= 15 is 0 Å². The van der Waals surface area contributed by atoms with Crippen LogP contribution >= 0.6 is 0 Å². The third-order valence-electron chi connectivity index (χ3n) is 1.94. The van der Waals surface area contributed by atoms with Gasteiger partial charge in [0.15, 0.2) is 11.6 Å². The minimum Gasteiger partial charge on any atom is -0.291 e. The first-order chi connectivity index (χ1) is 6.34. The second kappa shape index (κ2) is 5.45. The summed E-state index contributed by atoms with van der Waals surface area (Å²) in [6.45, 7) is 2.15. The highest BCUT2D eigenvalue weighted by atomic mass is 16.1. The van der Waals surface area contributed by atoms with Crippen molar-refractivity contribution in [3.05, 3.63) is 12.2 Å². The first-order valence-electron chi connectivity index (χ1n) is 4.73. The van der Waals surface area contributed by atoms with Gasteiger partial charge in [-0.2, -0.15) is 5.10 Å². The fourth-order valence-corrected chi connectivity index (χ4v) is 1.17. The lowest BCUT2D eigenvalue weighted by molar-refractivity contribution is 0.0969. The summed E-state index contributed by atoms with van der Waals surface area (Å²) >= 11 is 0. The topological polar surface area (TPSA) is 58.6 Å². The highest BCUT2D eigenvalue weighted by molar-refractivity contribution is 5.92. The molecule has 72 valence electrons. The molecule has 0 unspecified atom stereocenters. The van der Waals surface area contributed by atoms with Crippen molar-refractivity contribution in [2.75, 3.05) is 0 Å². The molecule has 0 atom stereocenters. The molecule has 1 N–H and O–H groups in total. The van der Waals surface area contributed by atoms with E-state index in [9.17, 15) is 4.79 Å². The summed E-state index contributed by atoms with van der Waals surface area (Å²) in [5, 5.41) is 6.20. The number of hydrogen-bond acceptors (Lipinski definition) is 3. The molecule has 4 nitrogen and oxygen atoms in total. The van der Waals surface area contributed by atoms with Gasteiger partial charge in [0.25, 0.3) is 0 Å². The fourth-order valence-electron chi connectivity index (χ4n) is 1.17. The Hall–Kier alpha value is -1.19. The lowest BCUT2D eigenvalue weighted by Crippen LogP contribution is -2.01. The molecule has 0 aromatic carbocycles. The van der Waals surface area contributed by atoms with E-state index in [1.165, 1.54) is 19.2 Å². The fraction of sp³-hybridized carbons (Fsp3) is 0.667. The molecule has 0 aliphatic rings. The number of ketones is 1. The SMILES string of the molecule is CCCCCCC(=O)c1ncn[nH]1. The van der Waals surface area contributed by atoms with Crippen molar-refractivity contribution < 1.29 is 4.79 Å². The van der Waals surface area contributed by atoms with Gasteiger partial charge in [-0.3, -0.25) is 9.89 Å². The Morgan fingerprint density at radius 2 is 2.31 bits per heavy atom. The normalized spacial score (nSPS) is 10.2. The van der Waals surface area contributed by atoms with E-state index in [-0.39, 0.29) is 5.78 Å². The van der Waals surface area contributed by atoms with Crippen LogP contribution in [0.25, 0.3) is 0 Å². The predicted molar refractivity (Wildman–Crippen MR) is 49.5 cm³/mol. The van der Waals surface area contributed by atoms with Crippen molar-refractivity contribution in [1.29, 1.82) is 0 Å². The third kappa shape index (κ3) is 3.36. The van der Waals surface area contributed by atoms with Gasteiger partial charge in [-0.15, -0.1) is 0 Å². The van der Waals surface area contributed by atoms with Crippen LogP contribution in [-0.4, -0.2) is 21.0 Å². The van der Waals surface area contributed by atoms with Crippen LogP contribution in [-0.2, 0) is 0 Å². The minimum atomic E-state index is 0.0635. The van der Waals surface area contributed by atoms with Crippen molar-refractivity contribution in [2.45, 2.75) is 39.0 Å². The lowest BCUT2D eigenvalue weighted by Gasteiger charge is -1.96. The molecule has 0 aliphatic carbocycles. The maximum atomic E-state index is 11.3.